The lowest BCUT2D eigenvalue weighted by Gasteiger charge is -2.30. The van der Waals surface area contributed by atoms with Crippen LogP contribution in [0.3, 0.4) is 0 Å². The van der Waals surface area contributed by atoms with E-state index >= 15 is 0 Å². The van der Waals surface area contributed by atoms with E-state index in [9.17, 15) is 4.79 Å². The van der Waals surface area contributed by atoms with Crippen LogP contribution in [0.2, 0.25) is 0 Å². The number of benzene rings is 2. The zero-order valence-electron chi connectivity index (χ0n) is 17.4. The lowest BCUT2D eigenvalue weighted by Crippen LogP contribution is -2.40. The SMILES string of the molecule is CN(C)c1cc(NC2CCC(NC(=O)c3cccc(I)c3)CC2)nc2ccccc12. The Kier molecular flexibility index (Phi) is 6.41. The first-order valence-corrected chi connectivity index (χ1v) is 11.5. The summed E-state index contributed by atoms with van der Waals surface area (Å²) in [6, 6.07) is 18.7. The topological polar surface area (TPSA) is 57.3 Å². The Bertz CT molecular complexity index is 1040. The van der Waals surface area contributed by atoms with Gasteiger partial charge in [0.15, 0.2) is 0 Å². The number of hydrogen-bond acceptors (Lipinski definition) is 4. The Morgan fingerprint density at radius 1 is 1.00 bits per heavy atom. The Morgan fingerprint density at radius 3 is 2.47 bits per heavy atom. The molecular formula is C24H27IN4O. The lowest BCUT2D eigenvalue weighted by molar-refractivity contribution is 0.0926. The van der Waals surface area contributed by atoms with Gasteiger partial charge in [0.05, 0.1) is 5.52 Å². The van der Waals surface area contributed by atoms with E-state index < -0.39 is 0 Å². The van der Waals surface area contributed by atoms with E-state index in [0.29, 0.717) is 6.04 Å². The standard InChI is InChI=1S/C24H27IN4O/c1-29(2)22-15-23(28-21-9-4-3-8-20(21)22)26-18-10-12-19(13-11-18)27-24(30)16-6-5-7-17(25)14-16/h3-9,14-15,18-19H,10-13H2,1-2H3,(H,26,28)(H,27,30). The number of amides is 1. The van der Waals surface area contributed by atoms with E-state index in [1.54, 1.807) is 0 Å². The van der Waals surface area contributed by atoms with Crippen LogP contribution in [0.4, 0.5) is 11.5 Å². The van der Waals surface area contributed by atoms with Crippen molar-refractivity contribution in [3.05, 3.63) is 63.7 Å². The Morgan fingerprint density at radius 2 is 1.73 bits per heavy atom. The molecule has 1 fully saturated rings. The van der Waals surface area contributed by atoms with Gasteiger partial charge in [-0.15, -0.1) is 0 Å². The predicted molar refractivity (Wildman–Crippen MR) is 132 cm³/mol. The minimum Gasteiger partial charge on any atom is -0.377 e. The third-order valence-electron chi connectivity index (χ3n) is 5.68. The summed E-state index contributed by atoms with van der Waals surface area (Å²) in [7, 11) is 4.13. The zero-order chi connectivity index (χ0) is 21.1. The number of halogens is 1. The van der Waals surface area contributed by atoms with Crippen LogP contribution in [0.15, 0.2) is 54.6 Å². The highest BCUT2D eigenvalue weighted by Crippen LogP contribution is 2.29. The van der Waals surface area contributed by atoms with Crippen LogP contribution in [-0.2, 0) is 0 Å². The van der Waals surface area contributed by atoms with Crippen molar-refractivity contribution in [1.29, 1.82) is 0 Å². The van der Waals surface area contributed by atoms with Gasteiger partial charge in [0.25, 0.3) is 5.91 Å². The summed E-state index contributed by atoms with van der Waals surface area (Å²) in [6.45, 7) is 0. The summed E-state index contributed by atoms with van der Waals surface area (Å²) >= 11 is 2.24. The molecule has 3 aromatic rings. The minimum absolute atomic E-state index is 0.0248. The molecule has 5 nitrogen and oxygen atoms in total. The Labute approximate surface area is 191 Å². The van der Waals surface area contributed by atoms with Gasteiger partial charge in [-0.05, 0) is 72.5 Å². The first kappa shape index (κ1) is 20.9. The van der Waals surface area contributed by atoms with Gasteiger partial charge in [0, 0.05) is 52.5 Å². The van der Waals surface area contributed by atoms with Crippen molar-refractivity contribution in [2.75, 3.05) is 24.3 Å². The van der Waals surface area contributed by atoms with E-state index in [1.807, 2.05) is 30.3 Å². The summed E-state index contributed by atoms with van der Waals surface area (Å²) < 4.78 is 1.08. The normalized spacial score (nSPS) is 18.8. The van der Waals surface area contributed by atoms with Crippen LogP contribution in [-0.4, -0.2) is 37.1 Å². The van der Waals surface area contributed by atoms with Crippen LogP contribution < -0.4 is 15.5 Å². The van der Waals surface area contributed by atoms with Gasteiger partial charge < -0.3 is 15.5 Å². The second-order valence-electron chi connectivity index (χ2n) is 8.11. The number of hydrogen-bond donors (Lipinski definition) is 2. The van der Waals surface area contributed by atoms with Gasteiger partial charge in [-0.1, -0.05) is 24.3 Å². The molecule has 0 saturated heterocycles. The van der Waals surface area contributed by atoms with Crippen molar-refractivity contribution < 1.29 is 4.79 Å². The fraction of sp³-hybridized carbons (Fsp3) is 0.333. The van der Waals surface area contributed by atoms with Crippen LogP contribution in [0.25, 0.3) is 10.9 Å². The summed E-state index contributed by atoms with van der Waals surface area (Å²) in [6.07, 6.45) is 3.98. The van der Waals surface area contributed by atoms with Crippen LogP contribution >= 0.6 is 22.6 Å². The second-order valence-corrected chi connectivity index (χ2v) is 9.36. The molecule has 0 atom stereocenters. The summed E-state index contributed by atoms with van der Waals surface area (Å²) in [5, 5.41) is 7.99. The van der Waals surface area contributed by atoms with Crippen LogP contribution in [0, 0.1) is 3.57 Å². The van der Waals surface area contributed by atoms with Crippen molar-refractivity contribution in [1.82, 2.24) is 10.3 Å². The molecule has 2 N–H and O–H groups in total. The highest BCUT2D eigenvalue weighted by molar-refractivity contribution is 14.1. The van der Waals surface area contributed by atoms with E-state index in [1.165, 1.54) is 5.69 Å². The van der Waals surface area contributed by atoms with Crippen molar-refractivity contribution in [3.63, 3.8) is 0 Å². The fourth-order valence-corrected chi connectivity index (χ4v) is 4.63. The third-order valence-corrected chi connectivity index (χ3v) is 6.35. The van der Waals surface area contributed by atoms with Gasteiger partial charge in [-0.25, -0.2) is 4.98 Å². The largest absolute Gasteiger partial charge is 0.377 e. The average Bonchev–Trinajstić information content (AvgIpc) is 2.74. The number of para-hydroxylation sites is 1. The molecule has 1 aliphatic carbocycles. The summed E-state index contributed by atoms with van der Waals surface area (Å²) in [4.78, 5) is 19.5. The average molecular weight is 514 g/mol. The maximum atomic E-state index is 12.5. The lowest BCUT2D eigenvalue weighted by atomic mass is 9.91. The van der Waals surface area contributed by atoms with Gasteiger partial charge in [0.2, 0.25) is 0 Å². The highest BCUT2D eigenvalue weighted by Gasteiger charge is 2.23. The molecule has 4 rings (SSSR count). The van der Waals surface area contributed by atoms with Crippen molar-refractivity contribution in [2.24, 2.45) is 0 Å². The van der Waals surface area contributed by atoms with Crippen molar-refractivity contribution in [3.8, 4) is 0 Å². The maximum absolute atomic E-state index is 12.5. The van der Waals surface area contributed by atoms with Gasteiger partial charge in [-0.3, -0.25) is 4.79 Å². The van der Waals surface area contributed by atoms with Gasteiger partial charge in [-0.2, -0.15) is 0 Å². The molecule has 0 radical (unpaired) electrons. The molecule has 1 aromatic heterocycles. The molecule has 1 saturated carbocycles. The molecule has 2 aromatic carbocycles. The summed E-state index contributed by atoms with van der Waals surface area (Å²) in [5.74, 6) is 0.945. The van der Waals surface area contributed by atoms with E-state index in [4.69, 9.17) is 4.98 Å². The number of carbonyl (C=O) groups is 1. The Balaban J connectivity index is 1.37. The molecular weight excluding hydrogens is 487 g/mol. The number of rotatable bonds is 5. The van der Waals surface area contributed by atoms with Crippen molar-refractivity contribution >= 4 is 50.9 Å². The number of nitrogens with one attached hydrogen (secondary N) is 2. The Hall–Kier alpha value is -2.35. The van der Waals surface area contributed by atoms with Gasteiger partial charge >= 0.3 is 0 Å². The quantitative estimate of drug-likeness (QED) is 0.468. The molecule has 0 unspecified atom stereocenters. The van der Waals surface area contributed by atoms with Crippen molar-refractivity contribution in [2.45, 2.75) is 37.8 Å². The number of carbonyl (C=O) groups excluding carboxylic acids is 1. The molecule has 156 valence electrons. The van der Waals surface area contributed by atoms with Crippen LogP contribution in [0.5, 0.6) is 0 Å². The molecule has 6 heteroatoms. The fourth-order valence-electron chi connectivity index (χ4n) is 4.09. The number of nitrogens with zero attached hydrogens (tertiary/aromatic N) is 2. The molecule has 1 aliphatic rings. The van der Waals surface area contributed by atoms with Gasteiger partial charge in [0.1, 0.15) is 5.82 Å². The zero-order valence-corrected chi connectivity index (χ0v) is 19.5. The number of anilines is 2. The first-order chi connectivity index (χ1) is 14.5. The monoisotopic (exact) mass is 514 g/mol. The maximum Gasteiger partial charge on any atom is 0.251 e. The number of aromatic nitrogens is 1. The highest BCUT2D eigenvalue weighted by atomic mass is 127. The van der Waals surface area contributed by atoms with E-state index in [-0.39, 0.29) is 11.9 Å². The minimum atomic E-state index is 0.0248. The summed E-state index contributed by atoms with van der Waals surface area (Å²) in [5.41, 5.74) is 2.91. The molecule has 1 amide bonds. The molecule has 30 heavy (non-hydrogen) atoms. The first-order valence-electron chi connectivity index (χ1n) is 10.4. The number of fused-ring (bicyclic) bond motifs is 1. The number of pyridine rings is 1. The van der Waals surface area contributed by atoms with E-state index in [0.717, 1.165) is 51.5 Å². The molecule has 0 bridgehead atoms. The smallest absolute Gasteiger partial charge is 0.251 e. The molecule has 0 aliphatic heterocycles. The van der Waals surface area contributed by atoms with Crippen LogP contribution in [0.1, 0.15) is 36.0 Å². The second kappa shape index (κ2) is 9.20. The predicted octanol–water partition coefficient (Wildman–Crippen LogP) is 5.06. The third kappa shape index (κ3) is 4.86. The molecule has 1 heterocycles. The molecule has 0 spiro atoms. The van der Waals surface area contributed by atoms with E-state index in [2.05, 4.69) is 76.5 Å².